The van der Waals surface area contributed by atoms with Crippen molar-refractivity contribution in [1.82, 2.24) is 9.62 Å². The third kappa shape index (κ3) is 5.48. The fourth-order valence-electron chi connectivity index (χ4n) is 3.96. The first-order valence-electron chi connectivity index (χ1n) is 11.7. The third-order valence-corrected chi connectivity index (χ3v) is 8.25. The Morgan fingerprint density at radius 1 is 1.09 bits per heavy atom. The summed E-state index contributed by atoms with van der Waals surface area (Å²) in [5, 5.41) is 5.84. The van der Waals surface area contributed by atoms with Gasteiger partial charge in [0.25, 0.3) is 5.91 Å². The van der Waals surface area contributed by atoms with Crippen molar-refractivity contribution >= 4 is 27.5 Å². The Morgan fingerprint density at radius 2 is 1.76 bits per heavy atom. The average Bonchev–Trinajstić information content (AvgIpc) is 3.70. The van der Waals surface area contributed by atoms with E-state index in [1.807, 2.05) is 38.1 Å². The molecule has 2 aromatic rings. The minimum Gasteiger partial charge on any atom is -0.379 e. The Balaban J connectivity index is 1.47. The molecule has 1 saturated carbocycles. The van der Waals surface area contributed by atoms with E-state index in [9.17, 15) is 18.0 Å². The number of carbonyl (C=O) groups excluding carboxylic acids is 2. The number of morpholine rings is 1. The standard InChI is InChI=1S/C25H31N3O5S/c1-3-18-4-7-21(16-23(18)34(31,32)28-12-14-33-15-13-28)25(30)26-17(2)19-8-10-22(11-9-19)27-24(29)20-5-6-20/h4,7-11,16-17,20H,3,5-6,12-15H2,1-2H3,(H,26,30)(H,27,29). The molecule has 2 fully saturated rings. The van der Waals surface area contributed by atoms with Crippen molar-refractivity contribution in [2.24, 2.45) is 5.92 Å². The lowest BCUT2D eigenvalue weighted by Crippen LogP contribution is -2.41. The second kappa shape index (κ2) is 10.2. The van der Waals surface area contributed by atoms with Crippen LogP contribution in [0.1, 0.15) is 54.2 Å². The van der Waals surface area contributed by atoms with E-state index in [0.717, 1.165) is 24.1 Å². The first-order valence-corrected chi connectivity index (χ1v) is 13.2. The van der Waals surface area contributed by atoms with Gasteiger partial charge in [0, 0.05) is 30.3 Å². The quantitative estimate of drug-likeness (QED) is 0.598. The molecule has 34 heavy (non-hydrogen) atoms. The Morgan fingerprint density at radius 3 is 2.38 bits per heavy atom. The van der Waals surface area contributed by atoms with Crippen molar-refractivity contribution in [3.63, 3.8) is 0 Å². The summed E-state index contributed by atoms with van der Waals surface area (Å²) in [6.07, 6.45) is 2.43. The van der Waals surface area contributed by atoms with E-state index in [1.54, 1.807) is 12.1 Å². The maximum atomic E-state index is 13.2. The minimum atomic E-state index is -3.72. The molecule has 1 atom stereocenters. The number of amides is 2. The number of benzene rings is 2. The summed E-state index contributed by atoms with van der Waals surface area (Å²) in [4.78, 5) is 25.1. The number of nitrogens with one attached hydrogen (secondary N) is 2. The Bertz CT molecular complexity index is 1150. The van der Waals surface area contributed by atoms with Crippen LogP contribution in [0.4, 0.5) is 5.69 Å². The van der Waals surface area contributed by atoms with Crippen molar-refractivity contribution < 1.29 is 22.7 Å². The van der Waals surface area contributed by atoms with Crippen molar-refractivity contribution in [1.29, 1.82) is 0 Å². The van der Waals surface area contributed by atoms with Crippen LogP contribution >= 0.6 is 0 Å². The Hall–Kier alpha value is -2.75. The lowest BCUT2D eigenvalue weighted by molar-refractivity contribution is -0.117. The highest BCUT2D eigenvalue weighted by Gasteiger charge is 2.30. The van der Waals surface area contributed by atoms with Crippen LogP contribution in [0, 0.1) is 5.92 Å². The van der Waals surface area contributed by atoms with Gasteiger partial charge in [0.05, 0.1) is 24.2 Å². The molecule has 182 valence electrons. The van der Waals surface area contributed by atoms with Gasteiger partial charge in [-0.1, -0.05) is 25.1 Å². The number of aryl methyl sites for hydroxylation is 1. The van der Waals surface area contributed by atoms with Gasteiger partial charge in [-0.15, -0.1) is 0 Å². The average molecular weight is 486 g/mol. The molecule has 0 radical (unpaired) electrons. The van der Waals surface area contributed by atoms with Gasteiger partial charge in [-0.25, -0.2) is 8.42 Å². The second-order valence-corrected chi connectivity index (χ2v) is 10.7. The Kier molecular flexibility index (Phi) is 7.35. The van der Waals surface area contributed by atoms with Crippen LogP contribution in [0.15, 0.2) is 47.4 Å². The normalized spacial score (nSPS) is 17.7. The number of sulfonamides is 1. The van der Waals surface area contributed by atoms with Crippen LogP contribution in [-0.4, -0.2) is 50.8 Å². The highest BCUT2D eigenvalue weighted by atomic mass is 32.2. The van der Waals surface area contributed by atoms with Gasteiger partial charge in [0.2, 0.25) is 15.9 Å². The minimum absolute atomic E-state index is 0.0486. The van der Waals surface area contributed by atoms with Crippen molar-refractivity contribution in [3.05, 3.63) is 59.2 Å². The monoisotopic (exact) mass is 485 g/mol. The molecule has 0 aromatic heterocycles. The molecule has 1 unspecified atom stereocenters. The number of hydrogen-bond donors (Lipinski definition) is 2. The zero-order chi connectivity index (χ0) is 24.3. The van der Waals surface area contributed by atoms with Crippen LogP contribution in [0.3, 0.4) is 0 Å². The molecule has 2 N–H and O–H groups in total. The summed E-state index contributed by atoms with van der Waals surface area (Å²) in [5.41, 5.74) is 2.58. The van der Waals surface area contributed by atoms with E-state index in [4.69, 9.17) is 4.74 Å². The van der Waals surface area contributed by atoms with Crippen LogP contribution in [-0.2, 0) is 26.0 Å². The molecule has 0 bridgehead atoms. The fourth-order valence-corrected chi connectivity index (χ4v) is 5.69. The van der Waals surface area contributed by atoms with Crippen molar-refractivity contribution in [2.45, 2.75) is 44.0 Å². The zero-order valence-corrected chi connectivity index (χ0v) is 20.4. The SMILES string of the molecule is CCc1ccc(C(=O)NC(C)c2ccc(NC(=O)C3CC3)cc2)cc1S(=O)(=O)N1CCOCC1. The molecule has 0 spiro atoms. The summed E-state index contributed by atoms with van der Waals surface area (Å²) < 4.78 is 33.2. The van der Waals surface area contributed by atoms with Crippen LogP contribution in [0.25, 0.3) is 0 Å². The van der Waals surface area contributed by atoms with Gasteiger partial charge in [-0.2, -0.15) is 4.31 Å². The number of carbonyl (C=O) groups is 2. The summed E-state index contributed by atoms with van der Waals surface area (Å²) in [6.45, 7) is 5.09. The first kappa shape index (κ1) is 24.4. The van der Waals surface area contributed by atoms with E-state index >= 15 is 0 Å². The highest BCUT2D eigenvalue weighted by Crippen LogP contribution is 2.30. The summed E-state index contributed by atoms with van der Waals surface area (Å²) in [6, 6.07) is 11.9. The highest BCUT2D eigenvalue weighted by molar-refractivity contribution is 7.89. The van der Waals surface area contributed by atoms with Crippen LogP contribution in [0.5, 0.6) is 0 Å². The zero-order valence-electron chi connectivity index (χ0n) is 19.5. The molecule has 1 heterocycles. The summed E-state index contributed by atoms with van der Waals surface area (Å²) in [7, 11) is -3.72. The second-order valence-electron chi connectivity index (χ2n) is 8.77. The predicted molar refractivity (Wildman–Crippen MR) is 129 cm³/mol. The van der Waals surface area contributed by atoms with E-state index in [-0.39, 0.29) is 28.7 Å². The van der Waals surface area contributed by atoms with Gasteiger partial charge in [0.15, 0.2) is 0 Å². The molecule has 2 aliphatic rings. The summed E-state index contributed by atoms with van der Waals surface area (Å²) in [5.74, 6) is -0.166. The predicted octanol–water partition coefficient (Wildman–Crippen LogP) is 3.11. The number of rotatable bonds is 8. The molecule has 2 amide bonds. The van der Waals surface area contributed by atoms with Gasteiger partial charge in [-0.3, -0.25) is 9.59 Å². The fraction of sp³-hybridized carbons (Fsp3) is 0.440. The van der Waals surface area contributed by atoms with Crippen molar-refractivity contribution in [3.8, 4) is 0 Å². The lowest BCUT2D eigenvalue weighted by Gasteiger charge is -2.27. The van der Waals surface area contributed by atoms with Gasteiger partial charge >= 0.3 is 0 Å². The van der Waals surface area contributed by atoms with Gasteiger partial charge in [0.1, 0.15) is 0 Å². The molecule has 1 aliphatic carbocycles. The van der Waals surface area contributed by atoms with Crippen LogP contribution < -0.4 is 10.6 Å². The largest absolute Gasteiger partial charge is 0.379 e. The number of ether oxygens (including phenoxy) is 1. The molecule has 2 aromatic carbocycles. The smallest absolute Gasteiger partial charge is 0.251 e. The molecule has 1 saturated heterocycles. The van der Waals surface area contributed by atoms with E-state index in [1.165, 1.54) is 10.4 Å². The van der Waals surface area contributed by atoms with Gasteiger partial charge < -0.3 is 15.4 Å². The number of nitrogens with zero attached hydrogens (tertiary/aromatic N) is 1. The lowest BCUT2D eigenvalue weighted by atomic mass is 10.1. The summed E-state index contributed by atoms with van der Waals surface area (Å²) >= 11 is 0. The molecular weight excluding hydrogens is 454 g/mol. The van der Waals surface area contributed by atoms with E-state index in [0.29, 0.717) is 43.9 Å². The first-order chi connectivity index (χ1) is 16.3. The molecule has 1 aliphatic heterocycles. The van der Waals surface area contributed by atoms with Crippen molar-refractivity contribution in [2.75, 3.05) is 31.6 Å². The number of hydrogen-bond acceptors (Lipinski definition) is 5. The van der Waals surface area contributed by atoms with Crippen LogP contribution in [0.2, 0.25) is 0 Å². The van der Waals surface area contributed by atoms with E-state index in [2.05, 4.69) is 10.6 Å². The molecule has 9 heteroatoms. The number of anilines is 1. The van der Waals surface area contributed by atoms with Gasteiger partial charge in [-0.05, 0) is 61.6 Å². The molecule has 8 nitrogen and oxygen atoms in total. The topological polar surface area (TPSA) is 105 Å². The molecular formula is C25H31N3O5S. The van der Waals surface area contributed by atoms with E-state index < -0.39 is 10.0 Å². The molecule has 4 rings (SSSR count). The maximum absolute atomic E-state index is 13.2. The Labute approximate surface area is 200 Å². The maximum Gasteiger partial charge on any atom is 0.251 e. The third-order valence-electron chi connectivity index (χ3n) is 6.27.